The van der Waals surface area contributed by atoms with E-state index in [0.29, 0.717) is 0 Å². The summed E-state index contributed by atoms with van der Waals surface area (Å²) in [6.45, 7) is 0. The average Bonchev–Trinajstić information content (AvgIpc) is 2.70. The Balaban J connectivity index is 2.15. The molecule has 0 saturated carbocycles. The summed E-state index contributed by atoms with van der Waals surface area (Å²) in [6, 6.07) is 1.81. The third kappa shape index (κ3) is 2.51. The lowest BCUT2D eigenvalue weighted by molar-refractivity contribution is 0.102. The number of halogens is 1. The Hall–Kier alpha value is -1.46. The zero-order valence-corrected chi connectivity index (χ0v) is 9.05. The van der Waals surface area contributed by atoms with Crippen molar-refractivity contribution >= 4 is 34.5 Å². The van der Waals surface area contributed by atoms with Crippen LogP contribution >= 0.6 is 22.9 Å². The molecule has 4 nitrogen and oxygen atoms in total. The molecule has 2 rings (SSSR count). The molecule has 0 radical (unpaired) electrons. The Bertz CT molecular complexity index is 472. The molecule has 2 aromatic heterocycles. The molecule has 15 heavy (non-hydrogen) atoms. The summed E-state index contributed by atoms with van der Waals surface area (Å²) in [4.78, 5) is 19.2. The highest BCUT2D eigenvalue weighted by molar-refractivity contribution is 7.08. The van der Waals surface area contributed by atoms with Gasteiger partial charge < -0.3 is 5.32 Å². The first kappa shape index (κ1) is 10.1. The summed E-state index contributed by atoms with van der Waals surface area (Å²) in [6.07, 6.45) is 2.75. The summed E-state index contributed by atoms with van der Waals surface area (Å²) in [5.41, 5.74) is 0.945. The van der Waals surface area contributed by atoms with E-state index in [0.717, 1.165) is 5.69 Å². The highest BCUT2D eigenvalue weighted by atomic mass is 35.5. The molecule has 6 heteroatoms. The molecule has 0 fully saturated rings. The summed E-state index contributed by atoms with van der Waals surface area (Å²) in [7, 11) is 0. The van der Waals surface area contributed by atoms with E-state index in [2.05, 4.69) is 15.3 Å². The van der Waals surface area contributed by atoms with Crippen molar-refractivity contribution in [3.63, 3.8) is 0 Å². The minimum Gasteiger partial charge on any atom is -0.320 e. The lowest BCUT2D eigenvalue weighted by Crippen LogP contribution is -2.13. The first-order chi connectivity index (χ1) is 7.25. The third-order valence-electron chi connectivity index (χ3n) is 1.62. The van der Waals surface area contributed by atoms with E-state index < -0.39 is 0 Å². The number of aromatic nitrogens is 2. The molecule has 2 heterocycles. The van der Waals surface area contributed by atoms with E-state index in [9.17, 15) is 4.79 Å². The molecule has 76 valence electrons. The maximum Gasteiger partial charge on any atom is 0.275 e. The molecule has 1 N–H and O–H groups in total. The number of amides is 1. The van der Waals surface area contributed by atoms with Gasteiger partial charge in [0.15, 0.2) is 0 Å². The van der Waals surface area contributed by atoms with Gasteiger partial charge in [-0.05, 0) is 11.4 Å². The largest absolute Gasteiger partial charge is 0.320 e. The molecule has 0 aliphatic rings. The van der Waals surface area contributed by atoms with Crippen molar-refractivity contribution in [2.75, 3.05) is 5.32 Å². The van der Waals surface area contributed by atoms with Gasteiger partial charge in [-0.2, -0.15) is 11.3 Å². The van der Waals surface area contributed by atoms with Gasteiger partial charge in [0, 0.05) is 5.38 Å². The summed E-state index contributed by atoms with van der Waals surface area (Å²) in [5.74, 6) is -0.316. The molecule has 0 aliphatic carbocycles. The number of hydrogen-bond acceptors (Lipinski definition) is 4. The zero-order chi connectivity index (χ0) is 10.7. The van der Waals surface area contributed by atoms with Crippen LogP contribution in [0, 0.1) is 0 Å². The number of thiophene rings is 1. The first-order valence-electron chi connectivity index (χ1n) is 4.07. The number of nitrogens with one attached hydrogen (secondary N) is 1. The monoisotopic (exact) mass is 239 g/mol. The SMILES string of the molecule is O=C(Nc1ccsc1)c1cncc(Cl)n1. The lowest BCUT2D eigenvalue weighted by atomic mass is 10.4. The standard InChI is InChI=1S/C9H6ClN3OS/c10-8-4-11-3-7(13-8)9(14)12-6-1-2-15-5-6/h1-5H,(H,12,14). The third-order valence-corrected chi connectivity index (χ3v) is 2.48. The maximum absolute atomic E-state index is 11.6. The van der Waals surface area contributed by atoms with Gasteiger partial charge in [0.25, 0.3) is 5.91 Å². The van der Waals surface area contributed by atoms with Gasteiger partial charge in [0.1, 0.15) is 10.8 Å². The van der Waals surface area contributed by atoms with Gasteiger partial charge in [0.2, 0.25) is 0 Å². The van der Waals surface area contributed by atoms with E-state index in [1.165, 1.54) is 23.7 Å². The molecule has 0 aromatic carbocycles. The van der Waals surface area contributed by atoms with Crippen molar-refractivity contribution in [2.45, 2.75) is 0 Å². The van der Waals surface area contributed by atoms with Crippen LogP contribution in [0.4, 0.5) is 5.69 Å². The Morgan fingerprint density at radius 1 is 1.47 bits per heavy atom. The molecule has 0 spiro atoms. The summed E-state index contributed by atoms with van der Waals surface area (Å²) >= 11 is 7.12. The molecule has 0 bridgehead atoms. The van der Waals surface area contributed by atoms with Gasteiger partial charge in [-0.15, -0.1) is 0 Å². The number of carbonyl (C=O) groups excluding carboxylic acids is 1. The van der Waals surface area contributed by atoms with Crippen molar-refractivity contribution in [3.05, 3.63) is 40.1 Å². The van der Waals surface area contributed by atoms with Crippen LogP contribution in [0.2, 0.25) is 5.15 Å². The normalized spacial score (nSPS) is 9.93. The van der Waals surface area contributed by atoms with Crippen molar-refractivity contribution in [1.82, 2.24) is 9.97 Å². The Morgan fingerprint density at radius 3 is 3.00 bits per heavy atom. The Labute approximate surface area is 94.9 Å². The van der Waals surface area contributed by atoms with Gasteiger partial charge >= 0.3 is 0 Å². The minimum absolute atomic E-state index is 0.202. The molecule has 2 aromatic rings. The van der Waals surface area contributed by atoms with E-state index in [1.54, 1.807) is 6.07 Å². The highest BCUT2D eigenvalue weighted by Crippen LogP contribution is 2.13. The number of rotatable bonds is 2. The van der Waals surface area contributed by atoms with Crippen LogP contribution in [-0.4, -0.2) is 15.9 Å². The fraction of sp³-hybridized carbons (Fsp3) is 0. The fourth-order valence-electron chi connectivity index (χ4n) is 0.982. The first-order valence-corrected chi connectivity index (χ1v) is 5.39. The second-order valence-corrected chi connectivity index (χ2v) is 3.86. The predicted octanol–water partition coefficient (Wildman–Crippen LogP) is 2.44. The number of anilines is 1. The van der Waals surface area contributed by atoms with Crippen LogP contribution in [0.15, 0.2) is 29.2 Å². The van der Waals surface area contributed by atoms with Gasteiger partial charge in [-0.25, -0.2) is 4.98 Å². The molecule has 0 unspecified atom stereocenters. The van der Waals surface area contributed by atoms with Crippen LogP contribution in [0.5, 0.6) is 0 Å². The van der Waals surface area contributed by atoms with E-state index in [-0.39, 0.29) is 16.8 Å². The van der Waals surface area contributed by atoms with E-state index in [1.807, 2.05) is 10.8 Å². The molecule has 0 aliphatic heterocycles. The molecular formula is C9H6ClN3OS. The predicted molar refractivity (Wildman–Crippen MR) is 59.3 cm³/mol. The van der Waals surface area contributed by atoms with Crippen molar-refractivity contribution in [3.8, 4) is 0 Å². The molecule has 1 amide bonds. The van der Waals surface area contributed by atoms with Crippen molar-refractivity contribution in [2.24, 2.45) is 0 Å². The van der Waals surface area contributed by atoms with Crippen LogP contribution < -0.4 is 5.32 Å². The number of nitrogens with zero attached hydrogens (tertiary/aromatic N) is 2. The highest BCUT2D eigenvalue weighted by Gasteiger charge is 2.08. The van der Waals surface area contributed by atoms with Crippen LogP contribution in [0.1, 0.15) is 10.5 Å². The molecular weight excluding hydrogens is 234 g/mol. The van der Waals surface area contributed by atoms with Crippen LogP contribution in [-0.2, 0) is 0 Å². The lowest BCUT2D eigenvalue weighted by Gasteiger charge is -2.01. The van der Waals surface area contributed by atoms with E-state index in [4.69, 9.17) is 11.6 Å². The molecule has 0 atom stereocenters. The van der Waals surface area contributed by atoms with Crippen LogP contribution in [0.3, 0.4) is 0 Å². The summed E-state index contributed by atoms with van der Waals surface area (Å²) in [5, 5.41) is 6.58. The number of hydrogen-bond donors (Lipinski definition) is 1. The zero-order valence-electron chi connectivity index (χ0n) is 7.48. The van der Waals surface area contributed by atoms with Crippen molar-refractivity contribution < 1.29 is 4.79 Å². The topological polar surface area (TPSA) is 54.9 Å². The van der Waals surface area contributed by atoms with Gasteiger partial charge in [-0.1, -0.05) is 11.6 Å². The minimum atomic E-state index is -0.316. The number of carbonyl (C=O) groups is 1. The Kier molecular flexibility index (Phi) is 2.94. The second kappa shape index (κ2) is 4.37. The van der Waals surface area contributed by atoms with Gasteiger partial charge in [0.05, 0.1) is 18.1 Å². The van der Waals surface area contributed by atoms with Gasteiger partial charge in [-0.3, -0.25) is 9.78 Å². The maximum atomic E-state index is 11.6. The van der Waals surface area contributed by atoms with Crippen LogP contribution in [0.25, 0.3) is 0 Å². The van der Waals surface area contributed by atoms with Crippen molar-refractivity contribution in [1.29, 1.82) is 0 Å². The summed E-state index contributed by atoms with van der Waals surface area (Å²) < 4.78 is 0. The average molecular weight is 240 g/mol. The second-order valence-electron chi connectivity index (χ2n) is 2.69. The quantitative estimate of drug-likeness (QED) is 0.876. The fourth-order valence-corrected chi connectivity index (χ4v) is 1.72. The molecule has 0 saturated heterocycles. The smallest absolute Gasteiger partial charge is 0.275 e. The Morgan fingerprint density at radius 2 is 2.33 bits per heavy atom. The van der Waals surface area contributed by atoms with E-state index >= 15 is 0 Å².